The molecule has 0 fully saturated rings. The lowest BCUT2D eigenvalue weighted by atomic mass is 10.1. The van der Waals surface area contributed by atoms with Gasteiger partial charge in [0.05, 0.1) is 11.5 Å². The number of hydrogen-bond donors (Lipinski definition) is 0. The highest BCUT2D eigenvalue weighted by atomic mass is 35.5. The molecule has 2 aromatic carbocycles. The molecule has 0 N–H and O–H groups in total. The third-order valence-corrected chi connectivity index (χ3v) is 3.67. The Morgan fingerprint density at radius 1 is 1.33 bits per heavy atom. The van der Waals surface area contributed by atoms with E-state index in [9.17, 15) is 14.9 Å². The molecule has 24 heavy (non-hydrogen) atoms. The SMILES string of the molecule is O=Cc1ccc(OCc2cc(Cl)cc3c2OCOC3)c([N+](=O)[O-])c1. The van der Waals surface area contributed by atoms with Crippen molar-refractivity contribution < 1.29 is 23.9 Å². The van der Waals surface area contributed by atoms with Crippen LogP contribution in [0.3, 0.4) is 0 Å². The van der Waals surface area contributed by atoms with Gasteiger partial charge in [0.2, 0.25) is 0 Å². The summed E-state index contributed by atoms with van der Waals surface area (Å²) in [6.07, 6.45) is 0.540. The molecule has 0 amide bonds. The van der Waals surface area contributed by atoms with E-state index in [4.69, 9.17) is 25.8 Å². The smallest absolute Gasteiger partial charge is 0.311 e. The van der Waals surface area contributed by atoms with Crippen LogP contribution in [0.1, 0.15) is 21.5 Å². The van der Waals surface area contributed by atoms with Crippen molar-refractivity contribution in [2.45, 2.75) is 13.2 Å². The lowest BCUT2D eigenvalue weighted by Gasteiger charge is -2.21. The van der Waals surface area contributed by atoms with Crippen LogP contribution in [0.5, 0.6) is 11.5 Å². The molecular weight excluding hydrogens is 338 g/mol. The topological polar surface area (TPSA) is 87.9 Å². The Morgan fingerprint density at radius 2 is 2.17 bits per heavy atom. The van der Waals surface area contributed by atoms with Crippen molar-refractivity contribution >= 4 is 23.6 Å². The summed E-state index contributed by atoms with van der Waals surface area (Å²) < 4.78 is 16.2. The second-order valence-corrected chi connectivity index (χ2v) is 5.49. The second kappa shape index (κ2) is 6.86. The van der Waals surface area contributed by atoms with Crippen molar-refractivity contribution in [2.24, 2.45) is 0 Å². The zero-order valence-corrected chi connectivity index (χ0v) is 13.1. The number of rotatable bonds is 5. The minimum Gasteiger partial charge on any atom is -0.482 e. The Kier molecular flexibility index (Phi) is 4.64. The molecule has 0 bridgehead atoms. The number of nitrogens with zero attached hydrogens (tertiary/aromatic N) is 1. The zero-order valence-electron chi connectivity index (χ0n) is 12.4. The zero-order chi connectivity index (χ0) is 17.1. The third kappa shape index (κ3) is 3.32. The first-order valence-electron chi connectivity index (χ1n) is 6.96. The van der Waals surface area contributed by atoms with Crippen LogP contribution in [-0.4, -0.2) is 18.0 Å². The van der Waals surface area contributed by atoms with Gasteiger partial charge in [-0.25, -0.2) is 0 Å². The van der Waals surface area contributed by atoms with Crippen LogP contribution in [0.2, 0.25) is 5.02 Å². The Balaban J connectivity index is 1.88. The number of carbonyl (C=O) groups excluding carboxylic acids is 1. The Hall–Kier alpha value is -2.64. The lowest BCUT2D eigenvalue weighted by molar-refractivity contribution is -0.386. The summed E-state index contributed by atoms with van der Waals surface area (Å²) in [6.45, 7) is 0.525. The highest BCUT2D eigenvalue weighted by molar-refractivity contribution is 6.30. The molecule has 0 saturated heterocycles. The van der Waals surface area contributed by atoms with Crippen molar-refractivity contribution in [3.63, 3.8) is 0 Å². The number of halogens is 1. The number of aldehydes is 1. The van der Waals surface area contributed by atoms with Crippen LogP contribution in [0.25, 0.3) is 0 Å². The van der Waals surface area contributed by atoms with Gasteiger partial charge in [-0.2, -0.15) is 0 Å². The molecule has 0 radical (unpaired) electrons. The number of nitro benzene ring substituents is 1. The quantitative estimate of drug-likeness (QED) is 0.466. The normalized spacial score (nSPS) is 12.9. The van der Waals surface area contributed by atoms with E-state index in [1.807, 2.05) is 0 Å². The monoisotopic (exact) mass is 349 g/mol. The summed E-state index contributed by atoms with van der Waals surface area (Å²) in [6, 6.07) is 7.42. The standard InChI is InChI=1S/C16H12ClNO6/c17-13-4-11-7-22-9-24-16(11)12(5-13)8-23-15-2-1-10(6-19)3-14(15)18(20)21/h1-6H,7-9H2. The highest BCUT2D eigenvalue weighted by Gasteiger charge is 2.20. The molecular formula is C16H12ClNO6. The number of carbonyl (C=O) groups is 1. The van der Waals surface area contributed by atoms with E-state index in [1.54, 1.807) is 12.1 Å². The molecule has 7 nitrogen and oxygen atoms in total. The first kappa shape index (κ1) is 16.2. The highest BCUT2D eigenvalue weighted by Crippen LogP contribution is 2.34. The maximum atomic E-state index is 11.1. The minimum absolute atomic E-state index is 0.0319. The summed E-state index contributed by atoms with van der Waals surface area (Å²) in [5, 5.41) is 11.6. The van der Waals surface area contributed by atoms with Gasteiger partial charge < -0.3 is 14.2 Å². The maximum Gasteiger partial charge on any atom is 0.311 e. The van der Waals surface area contributed by atoms with E-state index in [0.717, 1.165) is 5.56 Å². The molecule has 0 aliphatic carbocycles. The summed E-state index contributed by atoms with van der Waals surface area (Å²) in [5.41, 5.74) is 1.38. The molecule has 124 valence electrons. The van der Waals surface area contributed by atoms with Gasteiger partial charge in [0.1, 0.15) is 18.6 Å². The average Bonchev–Trinajstić information content (AvgIpc) is 2.59. The molecule has 1 aliphatic rings. The van der Waals surface area contributed by atoms with Gasteiger partial charge in [-0.15, -0.1) is 0 Å². The lowest BCUT2D eigenvalue weighted by Crippen LogP contribution is -2.14. The first-order chi connectivity index (χ1) is 11.6. The minimum atomic E-state index is -0.597. The number of hydrogen-bond acceptors (Lipinski definition) is 6. The predicted octanol–water partition coefficient (Wildman–Crippen LogP) is 3.51. The van der Waals surface area contributed by atoms with Crippen LogP contribution in [0.15, 0.2) is 30.3 Å². The van der Waals surface area contributed by atoms with Crippen molar-refractivity contribution in [3.8, 4) is 11.5 Å². The summed E-state index contributed by atoms with van der Waals surface area (Å²) >= 11 is 6.07. The van der Waals surface area contributed by atoms with Gasteiger partial charge in [-0.1, -0.05) is 11.6 Å². The summed E-state index contributed by atoms with van der Waals surface area (Å²) in [4.78, 5) is 21.3. The third-order valence-electron chi connectivity index (χ3n) is 3.45. The summed E-state index contributed by atoms with van der Waals surface area (Å²) in [5.74, 6) is 0.671. The summed E-state index contributed by atoms with van der Waals surface area (Å²) in [7, 11) is 0. The van der Waals surface area contributed by atoms with Gasteiger partial charge in [0, 0.05) is 27.8 Å². The average molecular weight is 350 g/mol. The van der Waals surface area contributed by atoms with Crippen molar-refractivity contribution in [1.82, 2.24) is 0 Å². The van der Waals surface area contributed by atoms with Crippen molar-refractivity contribution in [1.29, 1.82) is 0 Å². The van der Waals surface area contributed by atoms with E-state index in [-0.39, 0.29) is 30.4 Å². The molecule has 0 unspecified atom stereocenters. The second-order valence-electron chi connectivity index (χ2n) is 5.05. The number of nitro groups is 1. The Morgan fingerprint density at radius 3 is 2.92 bits per heavy atom. The van der Waals surface area contributed by atoms with E-state index >= 15 is 0 Å². The van der Waals surface area contributed by atoms with Gasteiger partial charge in [-0.3, -0.25) is 14.9 Å². The predicted molar refractivity (Wildman–Crippen MR) is 84.6 cm³/mol. The largest absolute Gasteiger partial charge is 0.482 e. The number of ether oxygens (including phenoxy) is 3. The number of benzene rings is 2. The van der Waals surface area contributed by atoms with E-state index in [1.165, 1.54) is 18.2 Å². The van der Waals surface area contributed by atoms with Crippen LogP contribution < -0.4 is 9.47 Å². The Labute approximate surface area is 141 Å². The van der Waals surface area contributed by atoms with Gasteiger partial charge in [-0.05, 0) is 24.3 Å². The van der Waals surface area contributed by atoms with Crippen LogP contribution >= 0.6 is 11.6 Å². The Bertz CT molecular complexity index is 807. The fourth-order valence-corrected chi connectivity index (χ4v) is 2.66. The molecule has 2 aromatic rings. The van der Waals surface area contributed by atoms with E-state index in [2.05, 4.69) is 0 Å². The molecule has 1 heterocycles. The molecule has 0 spiro atoms. The fourth-order valence-electron chi connectivity index (χ4n) is 2.39. The van der Waals surface area contributed by atoms with Crippen LogP contribution in [-0.2, 0) is 18.0 Å². The van der Waals surface area contributed by atoms with Crippen molar-refractivity contribution in [3.05, 3.63) is 62.2 Å². The van der Waals surface area contributed by atoms with Crippen molar-refractivity contribution in [2.75, 3.05) is 6.79 Å². The molecule has 1 aliphatic heterocycles. The van der Waals surface area contributed by atoms with Crippen LogP contribution in [0.4, 0.5) is 5.69 Å². The molecule has 0 saturated carbocycles. The van der Waals surface area contributed by atoms with Crippen LogP contribution in [0, 0.1) is 10.1 Å². The molecule has 8 heteroatoms. The van der Waals surface area contributed by atoms with E-state index in [0.29, 0.717) is 29.2 Å². The van der Waals surface area contributed by atoms with E-state index < -0.39 is 4.92 Å². The molecule has 0 atom stereocenters. The maximum absolute atomic E-state index is 11.1. The van der Waals surface area contributed by atoms with Gasteiger partial charge >= 0.3 is 5.69 Å². The number of fused-ring (bicyclic) bond motifs is 1. The van der Waals surface area contributed by atoms with Gasteiger partial charge in [0.15, 0.2) is 12.5 Å². The first-order valence-corrected chi connectivity index (χ1v) is 7.34. The fraction of sp³-hybridized carbons (Fsp3) is 0.188. The molecule has 0 aromatic heterocycles. The molecule has 3 rings (SSSR count). The van der Waals surface area contributed by atoms with Gasteiger partial charge in [0.25, 0.3) is 0 Å².